The molecule has 0 saturated carbocycles. The van der Waals surface area contributed by atoms with Gasteiger partial charge in [-0.3, -0.25) is 0 Å². The van der Waals surface area contributed by atoms with Crippen LogP contribution in [-0.4, -0.2) is 14.6 Å². The van der Waals surface area contributed by atoms with E-state index in [0.717, 1.165) is 0 Å². The first-order chi connectivity index (χ1) is 6.20. The van der Waals surface area contributed by atoms with Gasteiger partial charge in [0.1, 0.15) is 17.4 Å². The number of nitrogens with two attached hydrogens (primary N) is 1. The number of anilines is 1. The number of hydrogen-bond donors (Lipinski definition) is 1. The monoisotopic (exact) mass is 173 g/mol. The van der Waals surface area contributed by atoms with Crippen LogP contribution in [0, 0.1) is 18.3 Å². The second-order valence-corrected chi connectivity index (χ2v) is 2.71. The summed E-state index contributed by atoms with van der Waals surface area (Å²) in [5, 5.41) is 12.7. The van der Waals surface area contributed by atoms with E-state index >= 15 is 0 Å². The average Bonchev–Trinajstić information content (AvgIpc) is 2.47. The molecule has 2 N–H and O–H groups in total. The van der Waals surface area contributed by atoms with Crippen molar-refractivity contribution in [1.82, 2.24) is 14.6 Å². The zero-order valence-electron chi connectivity index (χ0n) is 7.02. The van der Waals surface area contributed by atoms with E-state index < -0.39 is 0 Å². The molecule has 64 valence electrons. The standard InChI is InChI=1S/C8H7N5/c1-5-11-8(10)7-2-6(3-9)4-13(7)12-5/h2,4H,1H3,(H2,10,11,12). The summed E-state index contributed by atoms with van der Waals surface area (Å²) in [5.41, 5.74) is 6.85. The van der Waals surface area contributed by atoms with Crippen LogP contribution in [0.15, 0.2) is 12.3 Å². The Morgan fingerprint density at radius 1 is 1.62 bits per heavy atom. The van der Waals surface area contributed by atoms with Crippen LogP contribution >= 0.6 is 0 Å². The second kappa shape index (κ2) is 2.45. The maximum Gasteiger partial charge on any atom is 0.151 e. The Morgan fingerprint density at radius 2 is 2.38 bits per heavy atom. The maximum atomic E-state index is 8.65. The Hall–Kier alpha value is -2.09. The van der Waals surface area contributed by atoms with Crippen LogP contribution in [0.25, 0.3) is 5.52 Å². The molecule has 2 rings (SSSR count). The quantitative estimate of drug-likeness (QED) is 0.628. The molecule has 0 amide bonds. The highest BCUT2D eigenvalue weighted by atomic mass is 15.3. The number of aryl methyl sites for hydroxylation is 1. The molecule has 0 aliphatic carbocycles. The van der Waals surface area contributed by atoms with Crippen LogP contribution in [0.5, 0.6) is 0 Å². The lowest BCUT2D eigenvalue weighted by atomic mass is 10.3. The van der Waals surface area contributed by atoms with Crippen LogP contribution in [0.4, 0.5) is 5.82 Å². The van der Waals surface area contributed by atoms with Gasteiger partial charge in [-0.1, -0.05) is 0 Å². The van der Waals surface area contributed by atoms with Crippen molar-refractivity contribution < 1.29 is 0 Å². The maximum absolute atomic E-state index is 8.65. The lowest BCUT2D eigenvalue weighted by Crippen LogP contribution is -2.01. The molecule has 0 aliphatic heterocycles. The molecule has 0 atom stereocenters. The van der Waals surface area contributed by atoms with Gasteiger partial charge < -0.3 is 5.73 Å². The Labute approximate surface area is 74.4 Å². The molecule has 0 saturated heterocycles. The molecule has 0 spiro atoms. The first-order valence-electron chi connectivity index (χ1n) is 3.73. The lowest BCUT2D eigenvalue weighted by molar-refractivity contribution is 0.861. The molecular weight excluding hydrogens is 166 g/mol. The third-order valence-electron chi connectivity index (χ3n) is 1.73. The fraction of sp³-hybridized carbons (Fsp3) is 0.125. The number of hydrogen-bond acceptors (Lipinski definition) is 4. The van der Waals surface area contributed by atoms with E-state index in [2.05, 4.69) is 10.1 Å². The van der Waals surface area contributed by atoms with Crippen molar-refractivity contribution in [3.63, 3.8) is 0 Å². The molecule has 0 fully saturated rings. The fourth-order valence-electron chi connectivity index (χ4n) is 1.20. The third-order valence-corrected chi connectivity index (χ3v) is 1.73. The van der Waals surface area contributed by atoms with Gasteiger partial charge in [0.05, 0.1) is 5.56 Å². The smallest absolute Gasteiger partial charge is 0.151 e. The van der Waals surface area contributed by atoms with Crippen molar-refractivity contribution in [2.45, 2.75) is 6.92 Å². The first-order valence-corrected chi connectivity index (χ1v) is 3.73. The molecule has 2 heterocycles. The Kier molecular flexibility index (Phi) is 1.43. The van der Waals surface area contributed by atoms with E-state index in [4.69, 9.17) is 11.0 Å². The predicted octanol–water partition coefficient (Wildman–Crippen LogP) is 0.492. The van der Waals surface area contributed by atoms with E-state index in [-0.39, 0.29) is 0 Å². The minimum atomic E-state index is 0.397. The van der Waals surface area contributed by atoms with Crippen LogP contribution in [-0.2, 0) is 0 Å². The number of nitrogen functional groups attached to an aromatic ring is 1. The summed E-state index contributed by atoms with van der Waals surface area (Å²) in [7, 11) is 0. The molecule has 0 radical (unpaired) electrons. The summed E-state index contributed by atoms with van der Waals surface area (Å²) in [6, 6.07) is 3.68. The zero-order valence-corrected chi connectivity index (χ0v) is 7.02. The number of aromatic nitrogens is 3. The summed E-state index contributed by atoms with van der Waals surface area (Å²) in [4.78, 5) is 3.99. The zero-order chi connectivity index (χ0) is 9.42. The van der Waals surface area contributed by atoms with Gasteiger partial charge in [0.2, 0.25) is 0 Å². The van der Waals surface area contributed by atoms with Gasteiger partial charge in [-0.05, 0) is 13.0 Å². The minimum absolute atomic E-state index is 0.397. The number of nitrogens with zero attached hydrogens (tertiary/aromatic N) is 4. The summed E-state index contributed by atoms with van der Waals surface area (Å²) >= 11 is 0. The number of fused-ring (bicyclic) bond motifs is 1. The fourth-order valence-corrected chi connectivity index (χ4v) is 1.20. The Balaban J connectivity index is 2.84. The summed E-state index contributed by atoms with van der Waals surface area (Å²) in [6.07, 6.45) is 1.63. The molecular formula is C8H7N5. The van der Waals surface area contributed by atoms with Gasteiger partial charge >= 0.3 is 0 Å². The normalized spacial score (nSPS) is 10.2. The van der Waals surface area contributed by atoms with E-state index in [0.29, 0.717) is 22.7 Å². The van der Waals surface area contributed by atoms with E-state index in [1.54, 1.807) is 23.7 Å². The third kappa shape index (κ3) is 1.08. The van der Waals surface area contributed by atoms with Gasteiger partial charge in [-0.15, -0.1) is 0 Å². The highest BCUT2D eigenvalue weighted by molar-refractivity contribution is 5.67. The molecule has 0 bridgehead atoms. The van der Waals surface area contributed by atoms with Crippen molar-refractivity contribution in [1.29, 1.82) is 5.26 Å². The largest absolute Gasteiger partial charge is 0.382 e. The van der Waals surface area contributed by atoms with Crippen LogP contribution in [0.3, 0.4) is 0 Å². The van der Waals surface area contributed by atoms with Gasteiger partial charge in [0, 0.05) is 6.20 Å². The molecule has 2 aromatic rings. The molecule has 5 heteroatoms. The van der Waals surface area contributed by atoms with Crippen LogP contribution in [0.1, 0.15) is 11.4 Å². The van der Waals surface area contributed by atoms with Crippen molar-refractivity contribution in [3.8, 4) is 6.07 Å². The predicted molar refractivity (Wildman–Crippen MR) is 46.9 cm³/mol. The van der Waals surface area contributed by atoms with Crippen LogP contribution < -0.4 is 5.73 Å². The molecule has 13 heavy (non-hydrogen) atoms. The van der Waals surface area contributed by atoms with Gasteiger partial charge in [0.25, 0.3) is 0 Å². The Bertz CT molecular complexity index is 505. The van der Waals surface area contributed by atoms with Crippen molar-refractivity contribution in [3.05, 3.63) is 23.7 Å². The second-order valence-electron chi connectivity index (χ2n) is 2.71. The molecule has 2 aromatic heterocycles. The average molecular weight is 173 g/mol. The topological polar surface area (TPSA) is 80.0 Å². The van der Waals surface area contributed by atoms with Crippen LogP contribution in [0.2, 0.25) is 0 Å². The Morgan fingerprint density at radius 3 is 3.08 bits per heavy atom. The molecule has 0 aromatic carbocycles. The lowest BCUT2D eigenvalue weighted by Gasteiger charge is -1.97. The van der Waals surface area contributed by atoms with Crippen molar-refractivity contribution in [2.24, 2.45) is 0 Å². The first kappa shape index (κ1) is 7.55. The van der Waals surface area contributed by atoms with E-state index in [1.165, 1.54) is 0 Å². The molecule has 0 aliphatic rings. The van der Waals surface area contributed by atoms with Crippen molar-refractivity contribution >= 4 is 11.3 Å². The molecule has 0 unspecified atom stereocenters. The van der Waals surface area contributed by atoms with Crippen molar-refractivity contribution in [2.75, 3.05) is 5.73 Å². The molecule has 5 nitrogen and oxygen atoms in total. The van der Waals surface area contributed by atoms with E-state index in [1.807, 2.05) is 6.07 Å². The summed E-state index contributed by atoms with van der Waals surface area (Å²) < 4.78 is 1.57. The highest BCUT2D eigenvalue weighted by Crippen LogP contribution is 2.13. The van der Waals surface area contributed by atoms with Gasteiger partial charge in [-0.25, -0.2) is 9.50 Å². The number of nitriles is 1. The summed E-state index contributed by atoms with van der Waals surface area (Å²) in [5.74, 6) is 0.985. The number of rotatable bonds is 0. The summed E-state index contributed by atoms with van der Waals surface area (Å²) in [6.45, 7) is 1.75. The SMILES string of the molecule is Cc1nc(N)c2cc(C#N)cn2n1. The van der Waals surface area contributed by atoms with Gasteiger partial charge in [-0.2, -0.15) is 10.4 Å². The highest BCUT2D eigenvalue weighted by Gasteiger charge is 2.04. The minimum Gasteiger partial charge on any atom is -0.382 e. The van der Waals surface area contributed by atoms with Gasteiger partial charge in [0.15, 0.2) is 5.82 Å². The van der Waals surface area contributed by atoms with E-state index in [9.17, 15) is 0 Å².